The molecule has 2 N–H and O–H groups in total. The van der Waals surface area contributed by atoms with Crippen molar-refractivity contribution in [2.75, 3.05) is 19.7 Å². The summed E-state index contributed by atoms with van der Waals surface area (Å²) in [5.41, 5.74) is 0. The molecule has 0 spiro atoms. The van der Waals surface area contributed by atoms with E-state index < -0.39 is 5.97 Å². The van der Waals surface area contributed by atoms with Gasteiger partial charge in [-0.2, -0.15) is 0 Å². The maximum atomic E-state index is 10.3. The van der Waals surface area contributed by atoms with Crippen LogP contribution in [0.5, 0.6) is 0 Å². The zero-order valence-corrected chi connectivity index (χ0v) is 7.78. The fourth-order valence-electron chi connectivity index (χ4n) is 1.60. The summed E-state index contributed by atoms with van der Waals surface area (Å²) in [7, 11) is 0. The van der Waals surface area contributed by atoms with E-state index in [1.54, 1.807) is 0 Å². The molecule has 1 fully saturated rings. The molecule has 1 aliphatic carbocycles. The predicted molar refractivity (Wildman–Crippen MR) is 48.6 cm³/mol. The smallest absolute Gasteiger partial charge is 0.304 e. The Labute approximate surface area is 78.2 Å². The van der Waals surface area contributed by atoms with Gasteiger partial charge in [-0.25, -0.2) is 0 Å². The van der Waals surface area contributed by atoms with Gasteiger partial charge in [0.2, 0.25) is 0 Å². The van der Waals surface area contributed by atoms with Crippen LogP contribution in [0, 0.1) is 0 Å². The zero-order chi connectivity index (χ0) is 9.68. The average Bonchev–Trinajstić information content (AvgIpc) is 1.97. The van der Waals surface area contributed by atoms with Gasteiger partial charge in [-0.05, 0) is 12.8 Å². The number of nitrogens with zero attached hydrogens (tertiary/aromatic N) is 1. The third kappa shape index (κ3) is 3.32. The minimum Gasteiger partial charge on any atom is -0.481 e. The second kappa shape index (κ2) is 5.19. The summed E-state index contributed by atoms with van der Waals surface area (Å²) in [6.07, 6.45) is 3.72. The highest BCUT2D eigenvalue weighted by Gasteiger charge is 2.24. The number of hydrogen-bond acceptors (Lipinski definition) is 3. The lowest BCUT2D eigenvalue weighted by Crippen LogP contribution is -2.42. The Morgan fingerprint density at radius 2 is 2.08 bits per heavy atom. The van der Waals surface area contributed by atoms with Gasteiger partial charge in [-0.3, -0.25) is 9.69 Å². The van der Waals surface area contributed by atoms with Gasteiger partial charge in [-0.15, -0.1) is 0 Å². The van der Waals surface area contributed by atoms with Gasteiger partial charge in [0.15, 0.2) is 0 Å². The Balaban J connectivity index is 2.24. The zero-order valence-electron chi connectivity index (χ0n) is 7.78. The molecule has 13 heavy (non-hydrogen) atoms. The van der Waals surface area contributed by atoms with Crippen LogP contribution in [0.25, 0.3) is 0 Å². The van der Waals surface area contributed by atoms with Crippen LogP contribution >= 0.6 is 0 Å². The number of carbonyl (C=O) groups is 1. The lowest BCUT2D eigenvalue weighted by atomic mass is 9.91. The standard InChI is InChI=1S/C9H17NO3/c11-7-6-10(5-4-9(12)13)8-2-1-3-8/h8,11H,1-7H2,(H,12,13). The van der Waals surface area contributed by atoms with Gasteiger partial charge in [0.05, 0.1) is 13.0 Å². The molecule has 1 saturated carbocycles. The molecule has 1 aliphatic rings. The van der Waals surface area contributed by atoms with E-state index in [-0.39, 0.29) is 13.0 Å². The second-order valence-corrected chi connectivity index (χ2v) is 3.49. The van der Waals surface area contributed by atoms with Gasteiger partial charge < -0.3 is 10.2 Å². The van der Waals surface area contributed by atoms with Gasteiger partial charge in [0, 0.05) is 19.1 Å². The van der Waals surface area contributed by atoms with Crippen LogP contribution < -0.4 is 0 Å². The Hall–Kier alpha value is -0.610. The summed E-state index contributed by atoms with van der Waals surface area (Å²) in [5, 5.41) is 17.3. The van der Waals surface area contributed by atoms with E-state index in [1.807, 2.05) is 0 Å². The number of carboxylic acid groups (broad SMARTS) is 1. The molecule has 0 aromatic heterocycles. The van der Waals surface area contributed by atoms with Crippen molar-refractivity contribution in [1.29, 1.82) is 0 Å². The fourth-order valence-corrected chi connectivity index (χ4v) is 1.60. The van der Waals surface area contributed by atoms with Gasteiger partial charge in [0.1, 0.15) is 0 Å². The molecule has 0 aromatic rings. The van der Waals surface area contributed by atoms with Crippen LogP contribution in [0.15, 0.2) is 0 Å². The summed E-state index contributed by atoms with van der Waals surface area (Å²) in [6.45, 7) is 1.30. The van der Waals surface area contributed by atoms with Crippen LogP contribution in [0.4, 0.5) is 0 Å². The van der Waals surface area contributed by atoms with Crippen molar-refractivity contribution < 1.29 is 15.0 Å². The van der Waals surface area contributed by atoms with Gasteiger partial charge >= 0.3 is 5.97 Å². The maximum Gasteiger partial charge on any atom is 0.304 e. The van der Waals surface area contributed by atoms with E-state index in [0.29, 0.717) is 19.1 Å². The highest BCUT2D eigenvalue weighted by Crippen LogP contribution is 2.24. The summed E-state index contributed by atoms with van der Waals surface area (Å²) >= 11 is 0. The molecule has 0 unspecified atom stereocenters. The number of rotatable bonds is 6. The largest absolute Gasteiger partial charge is 0.481 e. The average molecular weight is 187 g/mol. The van der Waals surface area contributed by atoms with Crippen molar-refractivity contribution in [3.63, 3.8) is 0 Å². The molecule has 0 radical (unpaired) electrons. The molecule has 1 rings (SSSR count). The predicted octanol–water partition coefficient (Wildman–Crippen LogP) is 0.308. The summed E-state index contributed by atoms with van der Waals surface area (Å²) in [5.74, 6) is -0.762. The summed E-state index contributed by atoms with van der Waals surface area (Å²) in [4.78, 5) is 12.4. The molecule has 0 bridgehead atoms. The van der Waals surface area contributed by atoms with Crippen LogP contribution in [0.1, 0.15) is 25.7 Å². The van der Waals surface area contributed by atoms with E-state index in [2.05, 4.69) is 4.90 Å². The summed E-state index contributed by atoms with van der Waals surface area (Å²) < 4.78 is 0. The first-order chi connectivity index (χ1) is 6.24. The van der Waals surface area contributed by atoms with Crippen LogP contribution in [0.3, 0.4) is 0 Å². The Morgan fingerprint density at radius 1 is 1.38 bits per heavy atom. The Morgan fingerprint density at radius 3 is 2.46 bits per heavy atom. The molecular weight excluding hydrogens is 170 g/mol. The molecule has 76 valence electrons. The second-order valence-electron chi connectivity index (χ2n) is 3.49. The topological polar surface area (TPSA) is 60.8 Å². The van der Waals surface area contributed by atoms with E-state index in [9.17, 15) is 4.79 Å². The molecule has 4 nitrogen and oxygen atoms in total. The highest BCUT2D eigenvalue weighted by molar-refractivity contribution is 5.66. The number of aliphatic carboxylic acids is 1. The summed E-state index contributed by atoms with van der Waals surface area (Å²) in [6, 6.07) is 0.520. The fraction of sp³-hybridized carbons (Fsp3) is 0.889. The lowest BCUT2D eigenvalue weighted by molar-refractivity contribution is -0.137. The van der Waals surface area contributed by atoms with E-state index in [1.165, 1.54) is 6.42 Å². The van der Waals surface area contributed by atoms with Crippen molar-refractivity contribution in [1.82, 2.24) is 4.90 Å². The van der Waals surface area contributed by atoms with Crippen molar-refractivity contribution in [3.05, 3.63) is 0 Å². The number of hydrogen-bond donors (Lipinski definition) is 2. The first kappa shape index (κ1) is 10.5. The molecule has 0 saturated heterocycles. The molecule has 0 aliphatic heterocycles. The van der Waals surface area contributed by atoms with Gasteiger partial charge in [0.25, 0.3) is 0 Å². The Bertz CT molecular complexity index is 168. The molecule has 0 amide bonds. The Kier molecular flexibility index (Phi) is 4.18. The molecule has 4 heteroatoms. The third-order valence-corrected chi connectivity index (χ3v) is 2.59. The monoisotopic (exact) mass is 187 g/mol. The van der Waals surface area contributed by atoms with E-state index >= 15 is 0 Å². The maximum absolute atomic E-state index is 10.3. The van der Waals surface area contributed by atoms with Crippen LogP contribution in [-0.2, 0) is 4.79 Å². The highest BCUT2D eigenvalue weighted by atomic mass is 16.4. The minimum absolute atomic E-state index is 0.121. The SMILES string of the molecule is O=C(O)CCN(CCO)C1CCC1. The number of carboxylic acids is 1. The van der Waals surface area contributed by atoms with Crippen molar-refractivity contribution in [3.8, 4) is 0 Å². The number of aliphatic hydroxyl groups excluding tert-OH is 1. The lowest BCUT2D eigenvalue weighted by Gasteiger charge is -2.36. The van der Waals surface area contributed by atoms with Gasteiger partial charge in [-0.1, -0.05) is 6.42 Å². The van der Waals surface area contributed by atoms with Crippen LogP contribution in [0.2, 0.25) is 0 Å². The van der Waals surface area contributed by atoms with E-state index in [0.717, 1.165) is 12.8 Å². The minimum atomic E-state index is -0.762. The third-order valence-electron chi connectivity index (χ3n) is 2.59. The van der Waals surface area contributed by atoms with Crippen molar-refractivity contribution in [2.24, 2.45) is 0 Å². The molecule has 0 atom stereocenters. The van der Waals surface area contributed by atoms with Crippen LogP contribution in [-0.4, -0.2) is 46.8 Å². The van der Waals surface area contributed by atoms with Crippen molar-refractivity contribution >= 4 is 5.97 Å². The molecular formula is C9H17NO3. The quantitative estimate of drug-likeness (QED) is 0.628. The van der Waals surface area contributed by atoms with E-state index in [4.69, 9.17) is 10.2 Å². The number of aliphatic hydroxyl groups is 1. The molecule has 0 aromatic carbocycles. The normalized spacial score (nSPS) is 17.4. The molecule has 0 heterocycles. The first-order valence-corrected chi connectivity index (χ1v) is 4.80. The first-order valence-electron chi connectivity index (χ1n) is 4.80. The van der Waals surface area contributed by atoms with Crippen molar-refractivity contribution in [2.45, 2.75) is 31.7 Å².